The van der Waals surface area contributed by atoms with Crippen LogP contribution in [0.1, 0.15) is 11.1 Å². The van der Waals surface area contributed by atoms with Crippen molar-refractivity contribution in [1.82, 2.24) is 4.98 Å². The Morgan fingerprint density at radius 2 is 1.85 bits per heavy atom. The van der Waals surface area contributed by atoms with Gasteiger partial charge in [0.25, 0.3) is 0 Å². The quantitative estimate of drug-likeness (QED) is 0.388. The van der Waals surface area contributed by atoms with Crippen LogP contribution in [0.25, 0.3) is 10.9 Å². The van der Waals surface area contributed by atoms with Gasteiger partial charge in [-0.15, -0.1) is 11.8 Å². The molecular formula is C17H13BrF2NO3PS. The van der Waals surface area contributed by atoms with E-state index in [1.165, 1.54) is 23.9 Å². The van der Waals surface area contributed by atoms with E-state index in [1.807, 2.05) is 36.4 Å². The lowest BCUT2D eigenvalue weighted by Crippen LogP contribution is -2.14. The van der Waals surface area contributed by atoms with Crippen molar-refractivity contribution in [2.24, 2.45) is 0 Å². The molecule has 0 aliphatic rings. The van der Waals surface area contributed by atoms with Crippen molar-refractivity contribution in [3.05, 3.63) is 70.2 Å². The molecule has 0 radical (unpaired) electrons. The molecule has 0 unspecified atom stereocenters. The molecule has 1 heterocycles. The van der Waals surface area contributed by atoms with E-state index in [9.17, 15) is 13.3 Å². The molecule has 0 amide bonds. The Hall–Kier alpha value is -1.31. The van der Waals surface area contributed by atoms with Crippen LogP contribution in [0.2, 0.25) is 0 Å². The third kappa shape index (κ3) is 4.00. The summed E-state index contributed by atoms with van der Waals surface area (Å²) in [7, 11) is -5.60. The molecule has 1 aromatic heterocycles. The molecule has 0 atom stereocenters. The number of aromatic nitrogens is 1. The average molecular weight is 460 g/mol. The van der Waals surface area contributed by atoms with Gasteiger partial charge in [0.05, 0.1) is 10.5 Å². The highest BCUT2D eigenvalue weighted by atomic mass is 79.9. The Morgan fingerprint density at radius 1 is 1.12 bits per heavy atom. The summed E-state index contributed by atoms with van der Waals surface area (Å²) < 4.78 is 38.7. The zero-order chi connectivity index (χ0) is 18.9. The molecule has 9 heteroatoms. The molecule has 0 saturated heterocycles. The Balaban J connectivity index is 1.78. The zero-order valence-corrected chi connectivity index (χ0v) is 16.4. The fraction of sp³-hybridized carbons (Fsp3) is 0.118. The highest BCUT2D eigenvalue weighted by Gasteiger charge is 2.51. The van der Waals surface area contributed by atoms with Crippen LogP contribution in [0.15, 0.2) is 64.1 Å². The standard InChI is InChI=1S/C17H13BrF2NO3PS/c18-14-9-11(5-7-13(14)17(19,20)25(22,23)24)10-26-16-8-6-12-3-1-2-4-15(12)21-16/h1-9H,10H2,(H2,22,23,24). The number of halogens is 3. The van der Waals surface area contributed by atoms with E-state index in [0.29, 0.717) is 5.75 Å². The molecule has 0 aliphatic carbocycles. The highest BCUT2D eigenvalue weighted by Crippen LogP contribution is 2.60. The second kappa shape index (κ2) is 7.37. The van der Waals surface area contributed by atoms with Crippen molar-refractivity contribution in [1.29, 1.82) is 0 Å². The molecule has 136 valence electrons. The zero-order valence-electron chi connectivity index (χ0n) is 13.1. The monoisotopic (exact) mass is 459 g/mol. The topological polar surface area (TPSA) is 70.4 Å². The van der Waals surface area contributed by atoms with E-state index >= 15 is 0 Å². The number of benzene rings is 2. The van der Waals surface area contributed by atoms with Gasteiger partial charge >= 0.3 is 13.3 Å². The Labute approximate surface area is 160 Å². The molecule has 2 aromatic carbocycles. The molecule has 0 fully saturated rings. The van der Waals surface area contributed by atoms with Crippen molar-refractivity contribution >= 4 is 46.2 Å². The van der Waals surface area contributed by atoms with Crippen LogP contribution in [-0.4, -0.2) is 14.8 Å². The van der Waals surface area contributed by atoms with Crippen LogP contribution in [0, 0.1) is 0 Å². The molecule has 0 bridgehead atoms. The highest BCUT2D eigenvalue weighted by molar-refractivity contribution is 9.10. The summed E-state index contributed by atoms with van der Waals surface area (Å²) in [4.78, 5) is 22.2. The summed E-state index contributed by atoms with van der Waals surface area (Å²) in [6.07, 6.45) is 0. The molecule has 3 rings (SSSR count). The van der Waals surface area contributed by atoms with Gasteiger partial charge in [-0.3, -0.25) is 4.57 Å². The minimum Gasteiger partial charge on any atom is -0.320 e. The van der Waals surface area contributed by atoms with Crippen LogP contribution in [0.3, 0.4) is 0 Å². The molecule has 0 spiro atoms. The van der Waals surface area contributed by atoms with E-state index in [1.54, 1.807) is 0 Å². The number of pyridine rings is 1. The molecular weight excluding hydrogens is 447 g/mol. The van der Waals surface area contributed by atoms with Gasteiger partial charge in [0.1, 0.15) is 0 Å². The maximum Gasteiger partial charge on any atom is 0.399 e. The van der Waals surface area contributed by atoms with Crippen molar-refractivity contribution in [3.8, 4) is 0 Å². The number of alkyl halides is 2. The van der Waals surface area contributed by atoms with Gasteiger partial charge in [-0.2, -0.15) is 8.78 Å². The largest absolute Gasteiger partial charge is 0.399 e. The lowest BCUT2D eigenvalue weighted by molar-refractivity contribution is 0.0557. The number of hydrogen-bond acceptors (Lipinski definition) is 3. The fourth-order valence-corrected chi connectivity index (χ4v) is 4.49. The van der Waals surface area contributed by atoms with Gasteiger partial charge in [0, 0.05) is 21.2 Å². The molecule has 26 heavy (non-hydrogen) atoms. The van der Waals surface area contributed by atoms with Gasteiger partial charge in [-0.25, -0.2) is 4.98 Å². The third-order valence-electron chi connectivity index (χ3n) is 3.68. The number of hydrogen-bond donors (Lipinski definition) is 2. The van der Waals surface area contributed by atoms with Crippen molar-refractivity contribution in [2.75, 3.05) is 0 Å². The molecule has 4 nitrogen and oxygen atoms in total. The number of rotatable bonds is 5. The third-order valence-corrected chi connectivity index (χ3v) is 6.31. The van der Waals surface area contributed by atoms with Crippen molar-refractivity contribution in [2.45, 2.75) is 16.4 Å². The summed E-state index contributed by atoms with van der Waals surface area (Å²) in [5.41, 5.74) is -3.38. The van der Waals surface area contributed by atoms with Crippen molar-refractivity contribution in [3.63, 3.8) is 0 Å². The predicted octanol–water partition coefficient (Wildman–Crippen LogP) is 5.52. The molecule has 2 N–H and O–H groups in total. The molecule has 0 aliphatic heterocycles. The first-order valence-corrected chi connectivity index (χ1v) is 10.8. The minimum atomic E-state index is -5.60. The number of fused-ring (bicyclic) bond motifs is 1. The van der Waals surface area contributed by atoms with Gasteiger partial charge < -0.3 is 9.79 Å². The van der Waals surface area contributed by atoms with Crippen LogP contribution in [0.4, 0.5) is 8.78 Å². The van der Waals surface area contributed by atoms with E-state index in [0.717, 1.165) is 27.6 Å². The van der Waals surface area contributed by atoms with E-state index in [4.69, 9.17) is 9.79 Å². The van der Waals surface area contributed by atoms with Crippen LogP contribution < -0.4 is 0 Å². The van der Waals surface area contributed by atoms with Gasteiger partial charge in [-0.05, 0) is 23.8 Å². The Kier molecular flexibility index (Phi) is 5.51. The summed E-state index contributed by atoms with van der Waals surface area (Å²) >= 11 is 4.43. The maximum atomic E-state index is 13.8. The SMILES string of the molecule is O=P(O)(O)C(F)(F)c1ccc(CSc2ccc3ccccc3n2)cc1Br. The second-order valence-electron chi connectivity index (χ2n) is 5.53. The average Bonchev–Trinajstić information content (AvgIpc) is 2.58. The van der Waals surface area contributed by atoms with Gasteiger partial charge in [0.2, 0.25) is 0 Å². The first-order valence-electron chi connectivity index (χ1n) is 7.39. The first-order chi connectivity index (χ1) is 12.2. The van der Waals surface area contributed by atoms with Gasteiger partial charge in [-0.1, -0.05) is 52.3 Å². The van der Waals surface area contributed by atoms with E-state index in [-0.39, 0.29) is 4.47 Å². The second-order valence-corrected chi connectivity index (χ2v) is 9.03. The van der Waals surface area contributed by atoms with Crippen LogP contribution in [0.5, 0.6) is 0 Å². The van der Waals surface area contributed by atoms with Crippen LogP contribution in [-0.2, 0) is 16.0 Å². The smallest absolute Gasteiger partial charge is 0.320 e. The normalized spacial score (nSPS) is 12.5. The number of nitrogens with zero attached hydrogens (tertiary/aromatic N) is 1. The minimum absolute atomic E-state index is 0.0459. The molecule has 0 saturated carbocycles. The summed E-state index contributed by atoms with van der Waals surface area (Å²) in [5.74, 6) is 0.478. The lowest BCUT2D eigenvalue weighted by atomic mass is 10.1. The fourth-order valence-electron chi connectivity index (χ4n) is 2.33. The number of para-hydroxylation sites is 1. The Bertz CT molecular complexity index is 1010. The summed E-state index contributed by atoms with van der Waals surface area (Å²) in [6.45, 7) is 0. The number of thioether (sulfide) groups is 1. The molecule has 3 aromatic rings. The predicted molar refractivity (Wildman–Crippen MR) is 101 cm³/mol. The lowest BCUT2D eigenvalue weighted by Gasteiger charge is -2.19. The van der Waals surface area contributed by atoms with Gasteiger partial charge in [0.15, 0.2) is 0 Å². The Morgan fingerprint density at radius 3 is 2.54 bits per heavy atom. The summed E-state index contributed by atoms with van der Waals surface area (Å²) in [6, 6.07) is 15.5. The summed E-state index contributed by atoms with van der Waals surface area (Å²) in [5, 5.41) is 1.83. The van der Waals surface area contributed by atoms with E-state index < -0.39 is 18.8 Å². The van der Waals surface area contributed by atoms with E-state index in [2.05, 4.69) is 20.9 Å². The van der Waals surface area contributed by atoms with Crippen LogP contribution >= 0.6 is 35.3 Å². The van der Waals surface area contributed by atoms with Crippen molar-refractivity contribution < 1.29 is 23.1 Å². The maximum absolute atomic E-state index is 13.8. The first kappa shape index (κ1) is 19.5.